The average molecular weight is 475 g/mol. The molecule has 33 heavy (non-hydrogen) atoms. The van der Waals surface area contributed by atoms with Crippen LogP contribution in [-0.4, -0.2) is 21.5 Å². The van der Waals surface area contributed by atoms with Crippen molar-refractivity contribution in [2.24, 2.45) is 4.99 Å². The summed E-state index contributed by atoms with van der Waals surface area (Å²) in [6, 6.07) is 12.0. The van der Waals surface area contributed by atoms with Crippen molar-refractivity contribution >= 4 is 21.7 Å². The van der Waals surface area contributed by atoms with Crippen LogP contribution in [0, 0.1) is 17.5 Å². The Morgan fingerprint density at radius 3 is 2.52 bits per heavy atom. The van der Waals surface area contributed by atoms with Crippen molar-refractivity contribution in [2.45, 2.75) is 24.3 Å². The Balaban J connectivity index is 1.76. The number of ether oxygens (including phenoxy) is 1. The van der Waals surface area contributed by atoms with Crippen molar-refractivity contribution in [3.05, 3.63) is 88.7 Å². The van der Waals surface area contributed by atoms with Gasteiger partial charge in [-0.3, -0.25) is 0 Å². The number of nitrogens with zero attached hydrogens (tertiary/aromatic N) is 1. The van der Waals surface area contributed by atoms with Crippen LogP contribution in [0.3, 0.4) is 0 Å². The molecule has 10 heteroatoms. The molecule has 0 amide bonds. The molecule has 3 aromatic carbocycles. The number of hydrogen-bond acceptors (Lipinski definition) is 4. The van der Waals surface area contributed by atoms with Gasteiger partial charge in [-0.2, -0.15) is 0 Å². The van der Waals surface area contributed by atoms with Gasteiger partial charge in [0, 0.05) is 17.5 Å². The first-order valence-electron chi connectivity index (χ1n) is 9.94. The fourth-order valence-electron chi connectivity index (χ4n) is 3.70. The van der Waals surface area contributed by atoms with Gasteiger partial charge in [0.05, 0.1) is 19.3 Å². The van der Waals surface area contributed by atoms with Crippen LogP contribution in [0.15, 0.2) is 64.5 Å². The molecule has 0 aromatic heterocycles. The Morgan fingerprint density at radius 1 is 1.03 bits per heavy atom. The van der Waals surface area contributed by atoms with Gasteiger partial charge in [0.25, 0.3) is 10.0 Å². The molecule has 0 spiro atoms. The molecule has 6 nitrogen and oxygen atoms in total. The van der Waals surface area contributed by atoms with E-state index in [4.69, 9.17) is 4.74 Å². The van der Waals surface area contributed by atoms with Gasteiger partial charge in [0.2, 0.25) is 5.96 Å². The van der Waals surface area contributed by atoms with E-state index in [0.717, 1.165) is 12.1 Å². The first-order chi connectivity index (χ1) is 15.7. The normalized spacial score (nSPS) is 16.5. The van der Waals surface area contributed by atoms with Gasteiger partial charge in [-0.05, 0) is 41.5 Å². The lowest BCUT2D eigenvalue weighted by molar-refractivity contribution is 0.410. The number of hydrogen-bond donors (Lipinski definition) is 2. The minimum atomic E-state index is -4.08. The maximum atomic E-state index is 15.0. The van der Waals surface area contributed by atoms with Crippen LogP contribution < -0.4 is 14.8 Å². The molecule has 3 aromatic rings. The molecule has 0 aliphatic carbocycles. The lowest BCUT2D eigenvalue weighted by atomic mass is 9.90. The van der Waals surface area contributed by atoms with Crippen molar-refractivity contribution in [3.63, 3.8) is 0 Å². The van der Waals surface area contributed by atoms with Gasteiger partial charge in [-0.25, -0.2) is 31.3 Å². The molecule has 0 radical (unpaired) electrons. The zero-order chi connectivity index (χ0) is 23.8. The molecule has 1 atom stereocenters. The maximum Gasteiger partial charge on any atom is 0.266 e. The van der Waals surface area contributed by atoms with Crippen molar-refractivity contribution in [3.8, 4) is 5.75 Å². The van der Waals surface area contributed by atoms with E-state index in [9.17, 15) is 21.6 Å². The first kappa shape index (κ1) is 22.7. The van der Waals surface area contributed by atoms with Crippen molar-refractivity contribution in [2.75, 3.05) is 12.4 Å². The molecule has 0 saturated carbocycles. The summed E-state index contributed by atoms with van der Waals surface area (Å²) >= 11 is 0. The molecule has 1 heterocycles. The minimum absolute atomic E-state index is 0.0226. The van der Waals surface area contributed by atoms with E-state index in [-0.39, 0.29) is 34.2 Å². The Kier molecular flexibility index (Phi) is 6.03. The largest absolute Gasteiger partial charge is 0.497 e. The van der Waals surface area contributed by atoms with Crippen LogP contribution in [0.2, 0.25) is 0 Å². The predicted octanol–water partition coefficient (Wildman–Crippen LogP) is 4.52. The fourth-order valence-corrected chi connectivity index (χ4v) is 4.85. The number of benzene rings is 3. The standard InChI is InChI=1S/C23H20F3N3O3S/c1-13(17-7-6-16(32-2)11-19(17)26)21-18(25)8-9-20-22(21)28-23(29-33(20,30)31)27-12-14-4-3-5-15(24)10-14/h3-11,13H,12H2,1-2H3,(H2,27,28,29)/t13-/m0/s1. The lowest BCUT2D eigenvalue weighted by Gasteiger charge is -2.27. The van der Waals surface area contributed by atoms with Crippen LogP contribution in [-0.2, 0) is 16.6 Å². The lowest BCUT2D eigenvalue weighted by Crippen LogP contribution is -2.41. The van der Waals surface area contributed by atoms with E-state index in [1.54, 1.807) is 19.1 Å². The van der Waals surface area contributed by atoms with Gasteiger partial charge >= 0.3 is 0 Å². The smallest absolute Gasteiger partial charge is 0.266 e. The van der Waals surface area contributed by atoms with Gasteiger partial charge < -0.3 is 10.1 Å². The number of rotatable bonds is 5. The van der Waals surface area contributed by atoms with E-state index in [1.165, 1.54) is 37.4 Å². The molecule has 0 fully saturated rings. The summed E-state index contributed by atoms with van der Waals surface area (Å²) < 4.78 is 76.0. The highest BCUT2D eigenvalue weighted by Gasteiger charge is 2.32. The summed E-state index contributed by atoms with van der Waals surface area (Å²) in [5.74, 6) is -2.45. The van der Waals surface area contributed by atoms with Crippen LogP contribution in [0.4, 0.5) is 18.9 Å². The van der Waals surface area contributed by atoms with Gasteiger partial charge in [0.15, 0.2) is 0 Å². The van der Waals surface area contributed by atoms with Gasteiger partial charge in [0.1, 0.15) is 28.1 Å². The molecule has 0 bridgehead atoms. The molecule has 172 valence electrons. The fraction of sp³-hybridized carbons (Fsp3) is 0.174. The van der Waals surface area contributed by atoms with Crippen molar-refractivity contribution in [1.29, 1.82) is 0 Å². The monoisotopic (exact) mass is 475 g/mol. The number of sulfonamides is 1. The molecular weight excluding hydrogens is 455 g/mol. The van der Waals surface area contributed by atoms with Crippen molar-refractivity contribution in [1.82, 2.24) is 4.72 Å². The third-order valence-corrected chi connectivity index (χ3v) is 6.72. The van der Waals surface area contributed by atoms with E-state index >= 15 is 0 Å². The number of anilines is 1. The Bertz CT molecular complexity index is 1360. The number of aliphatic imine (C=N–C) groups is 1. The number of nitrogens with one attached hydrogen (secondary N) is 2. The van der Waals surface area contributed by atoms with Crippen molar-refractivity contribution < 1.29 is 26.3 Å². The predicted molar refractivity (Wildman–Crippen MR) is 118 cm³/mol. The topological polar surface area (TPSA) is 79.8 Å². The number of halogens is 3. The molecule has 4 rings (SSSR count). The van der Waals surface area contributed by atoms with Crippen LogP contribution in [0.5, 0.6) is 5.75 Å². The van der Waals surface area contributed by atoms with Gasteiger partial charge in [-0.15, -0.1) is 0 Å². The van der Waals surface area contributed by atoms with E-state index < -0.39 is 33.4 Å². The maximum absolute atomic E-state index is 15.0. The zero-order valence-corrected chi connectivity index (χ0v) is 18.5. The highest BCUT2D eigenvalue weighted by molar-refractivity contribution is 7.90. The molecule has 2 N–H and O–H groups in total. The molecule has 1 aliphatic rings. The Morgan fingerprint density at radius 2 is 1.82 bits per heavy atom. The Labute approximate surface area is 189 Å². The van der Waals surface area contributed by atoms with E-state index in [2.05, 4.69) is 15.0 Å². The van der Waals surface area contributed by atoms with E-state index in [0.29, 0.717) is 11.3 Å². The second-order valence-electron chi connectivity index (χ2n) is 7.47. The SMILES string of the molecule is COc1ccc([C@H](C)c2c(F)ccc3c2NC(=NCc2cccc(F)c2)NS3(=O)=O)c(F)c1. The summed E-state index contributed by atoms with van der Waals surface area (Å²) in [4.78, 5) is 3.98. The molecule has 0 saturated heterocycles. The minimum Gasteiger partial charge on any atom is -0.497 e. The first-order valence-corrected chi connectivity index (χ1v) is 11.4. The molecular formula is C23H20F3N3O3S. The average Bonchev–Trinajstić information content (AvgIpc) is 2.76. The Hall–Kier alpha value is -3.53. The summed E-state index contributed by atoms with van der Waals surface area (Å²) in [6.45, 7) is 1.55. The number of methoxy groups -OCH3 is 1. The number of guanidine groups is 1. The zero-order valence-electron chi connectivity index (χ0n) is 17.7. The van der Waals surface area contributed by atoms with Crippen LogP contribution >= 0.6 is 0 Å². The van der Waals surface area contributed by atoms with Gasteiger partial charge in [-0.1, -0.05) is 25.1 Å². The second kappa shape index (κ2) is 8.78. The van der Waals surface area contributed by atoms with Crippen LogP contribution in [0.1, 0.15) is 29.5 Å². The third-order valence-electron chi connectivity index (χ3n) is 5.33. The highest BCUT2D eigenvalue weighted by atomic mass is 32.2. The molecule has 1 aliphatic heterocycles. The highest BCUT2D eigenvalue weighted by Crippen LogP contribution is 2.39. The summed E-state index contributed by atoms with van der Waals surface area (Å²) in [6.07, 6.45) is 0. The quantitative estimate of drug-likeness (QED) is 0.569. The number of fused-ring (bicyclic) bond motifs is 1. The van der Waals surface area contributed by atoms with E-state index in [1.807, 2.05) is 0 Å². The summed E-state index contributed by atoms with van der Waals surface area (Å²) in [5.41, 5.74) is 0.621. The van der Waals surface area contributed by atoms with Crippen LogP contribution in [0.25, 0.3) is 0 Å². The third kappa shape index (κ3) is 4.51. The summed E-state index contributed by atoms with van der Waals surface area (Å²) in [7, 11) is -2.68. The second-order valence-corrected chi connectivity index (χ2v) is 9.12. The summed E-state index contributed by atoms with van der Waals surface area (Å²) in [5, 5.41) is 2.82. The molecule has 0 unspecified atom stereocenters.